The molecule has 0 aromatic heterocycles. The number of carboxylic acids is 1. The van der Waals surface area contributed by atoms with Gasteiger partial charge in [-0.3, -0.25) is 0 Å². The van der Waals surface area contributed by atoms with Gasteiger partial charge in [-0.2, -0.15) is 0 Å². The fraction of sp³-hybridized carbons (Fsp3) is 0.250. The van der Waals surface area contributed by atoms with Crippen LogP contribution in [0.4, 0.5) is 0 Å². The van der Waals surface area contributed by atoms with Gasteiger partial charge in [0.25, 0.3) is 0 Å². The van der Waals surface area contributed by atoms with Crippen LogP contribution in [0.15, 0.2) is 30.3 Å². The lowest BCUT2D eigenvalue weighted by Crippen LogP contribution is -2.05. The lowest BCUT2D eigenvalue weighted by Gasteiger charge is -2.15. The van der Waals surface area contributed by atoms with E-state index in [9.17, 15) is 4.79 Å². The smallest absolute Gasteiger partial charge is 0.328 e. The van der Waals surface area contributed by atoms with Gasteiger partial charge in [0.05, 0.1) is 0 Å². The number of hydrogen-bond donors (Lipinski definition) is 1. The molecule has 16 heavy (non-hydrogen) atoms. The number of hydrogen-bond acceptors (Lipinski definition) is 3. The van der Waals surface area contributed by atoms with Gasteiger partial charge in [-0.25, -0.2) is 4.79 Å². The minimum Gasteiger partial charge on any atom is -0.478 e. The fourth-order valence-electron chi connectivity index (χ4n) is 1.39. The second-order valence-corrected chi connectivity index (χ2v) is 3.10. The minimum absolute atomic E-state index is 0.491. The zero-order valence-corrected chi connectivity index (χ0v) is 9.21. The molecule has 4 heteroatoms. The van der Waals surface area contributed by atoms with Crippen LogP contribution in [0.2, 0.25) is 0 Å². The summed E-state index contributed by atoms with van der Waals surface area (Å²) in [7, 11) is 3.07. The Bertz CT molecular complexity index is 380. The highest BCUT2D eigenvalue weighted by Gasteiger charge is 2.11. The zero-order chi connectivity index (χ0) is 12.0. The first kappa shape index (κ1) is 12.4. The van der Waals surface area contributed by atoms with Crippen LogP contribution >= 0.6 is 0 Å². The molecule has 4 nitrogen and oxygen atoms in total. The number of aliphatic carboxylic acids is 1. The molecular formula is C12H14O4. The topological polar surface area (TPSA) is 55.8 Å². The van der Waals surface area contributed by atoms with Crippen molar-refractivity contribution in [3.8, 4) is 0 Å². The predicted octanol–water partition coefficient (Wildman–Crippen LogP) is 2.08. The van der Waals surface area contributed by atoms with E-state index < -0.39 is 12.3 Å². The van der Waals surface area contributed by atoms with Gasteiger partial charge in [0, 0.05) is 25.9 Å². The highest BCUT2D eigenvalue weighted by molar-refractivity contribution is 5.85. The second-order valence-electron chi connectivity index (χ2n) is 3.10. The van der Waals surface area contributed by atoms with E-state index in [0.29, 0.717) is 0 Å². The molecular weight excluding hydrogens is 208 g/mol. The van der Waals surface area contributed by atoms with E-state index in [2.05, 4.69) is 0 Å². The summed E-state index contributed by atoms with van der Waals surface area (Å²) in [5.74, 6) is -0.985. The Morgan fingerprint density at radius 1 is 1.31 bits per heavy atom. The molecule has 0 fully saturated rings. The average molecular weight is 222 g/mol. The number of rotatable bonds is 5. The third-order valence-electron chi connectivity index (χ3n) is 2.08. The zero-order valence-electron chi connectivity index (χ0n) is 9.21. The number of carboxylic acid groups (broad SMARTS) is 1. The van der Waals surface area contributed by atoms with Gasteiger partial charge in [-0.1, -0.05) is 24.3 Å². The molecule has 1 rings (SSSR count). The molecule has 0 aliphatic carbocycles. The van der Waals surface area contributed by atoms with Crippen molar-refractivity contribution in [3.63, 3.8) is 0 Å². The standard InChI is InChI=1S/C12H14O4/c1-15-12(16-2)10-6-4-3-5-9(10)7-8-11(13)14/h3-8,12H,1-2H3,(H,13,14). The maximum atomic E-state index is 10.4. The summed E-state index contributed by atoms with van der Waals surface area (Å²) in [6.45, 7) is 0. The summed E-state index contributed by atoms with van der Waals surface area (Å²) in [6, 6.07) is 7.31. The molecule has 0 unspecified atom stereocenters. The first-order valence-corrected chi connectivity index (χ1v) is 4.74. The summed E-state index contributed by atoms with van der Waals surface area (Å²) < 4.78 is 10.3. The van der Waals surface area contributed by atoms with Gasteiger partial charge < -0.3 is 14.6 Å². The molecule has 86 valence electrons. The van der Waals surface area contributed by atoms with Crippen molar-refractivity contribution in [2.24, 2.45) is 0 Å². The van der Waals surface area contributed by atoms with E-state index >= 15 is 0 Å². The lowest BCUT2D eigenvalue weighted by molar-refractivity contribution is -0.131. The van der Waals surface area contributed by atoms with Crippen molar-refractivity contribution >= 4 is 12.0 Å². The first-order chi connectivity index (χ1) is 7.69. The van der Waals surface area contributed by atoms with E-state index in [0.717, 1.165) is 17.2 Å². The van der Waals surface area contributed by atoms with E-state index in [4.69, 9.17) is 14.6 Å². The molecule has 0 heterocycles. The minimum atomic E-state index is -0.985. The van der Waals surface area contributed by atoms with Crippen LogP contribution in [0, 0.1) is 0 Å². The van der Waals surface area contributed by atoms with Crippen molar-refractivity contribution in [2.75, 3.05) is 14.2 Å². The summed E-state index contributed by atoms with van der Waals surface area (Å²) >= 11 is 0. The SMILES string of the molecule is COC(OC)c1ccccc1C=CC(=O)O. The van der Waals surface area contributed by atoms with Crippen LogP contribution in [-0.4, -0.2) is 25.3 Å². The highest BCUT2D eigenvalue weighted by Crippen LogP contribution is 2.22. The molecule has 1 aromatic carbocycles. The Balaban J connectivity index is 3.04. The Labute approximate surface area is 94.1 Å². The van der Waals surface area contributed by atoms with Crippen molar-refractivity contribution in [1.29, 1.82) is 0 Å². The number of methoxy groups -OCH3 is 2. The van der Waals surface area contributed by atoms with Gasteiger partial charge in [0.15, 0.2) is 6.29 Å². The summed E-state index contributed by atoms with van der Waals surface area (Å²) in [6.07, 6.45) is 2.11. The van der Waals surface area contributed by atoms with E-state index in [1.54, 1.807) is 6.07 Å². The Hall–Kier alpha value is -1.65. The van der Waals surface area contributed by atoms with Crippen molar-refractivity contribution < 1.29 is 19.4 Å². The largest absolute Gasteiger partial charge is 0.478 e. The van der Waals surface area contributed by atoms with Gasteiger partial charge in [0.1, 0.15) is 0 Å². The normalized spacial score (nSPS) is 11.2. The Morgan fingerprint density at radius 3 is 2.50 bits per heavy atom. The quantitative estimate of drug-likeness (QED) is 0.612. The number of ether oxygens (including phenoxy) is 2. The molecule has 0 atom stereocenters. The molecule has 0 amide bonds. The van der Waals surface area contributed by atoms with Crippen LogP contribution in [0.1, 0.15) is 17.4 Å². The Kier molecular flexibility index (Phi) is 4.69. The van der Waals surface area contributed by atoms with Gasteiger partial charge in [-0.05, 0) is 11.6 Å². The molecule has 1 aromatic rings. The molecule has 0 aliphatic heterocycles. The van der Waals surface area contributed by atoms with Crippen molar-refractivity contribution in [1.82, 2.24) is 0 Å². The third kappa shape index (κ3) is 3.18. The van der Waals surface area contributed by atoms with E-state index in [-0.39, 0.29) is 0 Å². The molecule has 0 saturated heterocycles. The first-order valence-electron chi connectivity index (χ1n) is 4.74. The maximum Gasteiger partial charge on any atom is 0.328 e. The predicted molar refractivity (Wildman–Crippen MR) is 59.9 cm³/mol. The van der Waals surface area contributed by atoms with E-state index in [1.807, 2.05) is 18.2 Å². The van der Waals surface area contributed by atoms with E-state index in [1.165, 1.54) is 20.3 Å². The molecule has 0 spiro atoms. The highest BCUT2D eigenvalue weighted by atomic mass is 16.7. The van der Waals surface area contributed by atoms with Crippen molar-refractivity contribution in [2.45, 2.75) is 6.29 Å². The fourth-order valence-corrected chi connectivity index (χ4v) is 1.39. The molecule has 0 radical (unpaired) electrons. The average Bonchev–Trinajstić information content (AvgIpc) is 2.29. The molecule has 0 bridgehead atoms. The molecule has 1 N–H and O–H groups in total. The maximum absolute atomic E-state index is 10.4. The second kappa shape index (κ2) is 6.05. The van der Waals surface area contributed by atoms with Crippen LogP contribution < -0.4 is 0 Å². The molecule has 0 saturated carbocycles. The number of benzene rings is 1. The Morgan fingerprint density at radius 2 is 1.94 bits per heavy atom. The van der Waals surface area contributed by atoms with Crippen LogP contribution in [-0.2, 0) is 14.3 Å². The lowest BCUT2D eigenvalue weighted by atomic mass is 10.1. The van der Waals surface area contributed by atoms with Gasteiger partial charge >= 0.3 is 5.97 Å². The van der Waals surface area contributed by atoms with Gasteiger partial charge in [0.2, 0.25) is 0 Å². The summed E-state index contributed by atoms with van der Waals surface area (Å²) in [4.78, 5) is 10.4. The summed E-state index contributed by atoms with van der Waals surface area (Å²) in [5, 5.41) is 8.57. The van der Waals surface area contributed by atoms with Crippen molar-refractivity contribution in [3.05, 3.63) is 41.5 Å². The third-order valence-corrected chi connectivity index (χ3v) is 2.08. The number of carbonyl (C=O) groups is 1. The monoisotopic (exact) mass is 222 g/mol. The van der Waals surface area contributed by atoms with Gasteiger partial charge in [-0.15, -0.1) is 0 Å². The van der Waals surface area contributed by atoms with Crippen LogP contribution in [0.5, 0.6) is 0 Å². The molecule has 0 aliphatic rings. The van der Waals surface area contributed by atoms with Crippen LogP contribution in [0.3, 0.4) is 0 Å². The summed E-state index contributed by atoms with van der Waals surface area (Å²) in [5.41, 5.74) is 1.56. The van der Waals surface area contributed by atoms with Crippen LogP contribution in [0.25, 0.3) is 6.08 Å².